The van der Waals surface area contributed by atoms with E-state index >= 15 is 0 Å². The van der Waals surface area contributed by atoms with Gasteiger partial charge in [-0.3, -0.25) is 14.6 Å². The van der Waals surface area contributed by atoms with Crippen LogP contribution in [0.2, 0.25) is 0 Å². The molecule has 0 spiro atoms. The van der Waals surface area contributed by atoms with Crippen molar-refractivity contribution >= 4 is 11.8 Å². The highest BCUT2D eigenvalue weighted by molar-refractivity contribution is 5.85. The second kappa shape index (κ2) is 8.12. The molecule has 2 amide bonds. The Hall–Kier alpha value is -2.70. The maximum absolute atomic E-state index is 12.7. The lowest BCUT2D eigenvalue weighted by Crippen LogP contribution is -2.46. The number of carbonyl (C=O) groups excluding carboxylic acids is 2. The quantitative estimate of drug-likeness (QED) is 0.795. The molecule has 0 N–H and O–H groups in total. The van der Waals surface area contributed by atoms with Crippen molar-refractivity contribution in [2.75, 3.05) is 26.2 Å². The lowest BCUT2D eigenvalue weighted by atomic mass is 9.97. The molecule has 2 aromatic heterocycles. The summed E-state index contributed by atoms with van der Waals surface area (Å²) in [6, 6.07) is 3.94. The van der Waals surface area contributed by atoms with Crippen molar-refractivity contribution in [1.82, 2.24) is 24.3 Å². The smallest absolute Gasteiger partial charge is 0.242 e. The number of imidazole rings is 1. The Morgan fingerprint density at radius 1 is 1.25 bits per heavy atom. The predicted molar refractivity (Wildman–Crippen MR) is 105 cm³/mol. The number of hydrogen-bond acceptors (Lipinski definition) is 4. The minimum Gasteiger partial charge on any atom is -0.341 e. The van der Waals surface area contributed by atoms with Crippen molar-refractivity contribution in [3.8, 4) is 11.4 Å². The molecule has 4 rings (SSSR count). The Morgan fingerprint density at radius 2 is 2.14 bits per heavy atom. The molecule has 2 aliphatic rings. The standard InChI is InChI=1S/C21H27N5O2/c1-16-11-23-21(18-6-2-8-22-12-18)26(16)14-17-5-3-9-24(13-17)20(28)15-25-10-4-7-19(25)27/h2,6,8,11-12,17H,3-5,7,9-10,13-15H2,1H3. The fraction of sp³-hybridized carbons (Fsp3) is 0.524. The maximum Gasteiger partial charge on any atom is 0.242 e. The fourth-order valence-electron chi connectivity index (χ4n) is 4.25. The van der Waals surface area contributed by atoms with Gasteiger partial charge >= 0.3 is 0 Å². The zero-order chi connectivity index (χ0) is 19.5. The van der Waals surface area contributed by atoms with Gasteiger partial charge in [-0.05, 0) is 44.2 Å². The molecule has 2 aliphatic heterocycles. The minimum atomic E-state index is 0.0785. The van der Waals surface area contributed by atoms with Crippen LogP contribution in [0.5, 0.6) is 0 Å². The summed E-state index contributed by atoms with van der Waals surface area (Å²) in [5, 5.41) is 0. The van der Waals surface area contributed by atoms with Crippen molar-refractivity contribution in [1.29, 1.82) is 0 Å². The summed E-state index contributed by atoms with van der Waals surface area (Å²) >= 11 is 0. The first-order chi connectivity index (χ1) is 13.6. The molecule has 0 aliphatic carbocycles. The zero-order valence-corrected chi connectivity index (χ0v) is 16.4. The molecule has 0 saturated carbocycles. The van der Waals surface area contributed by atoms with E-state index in [-0.39, 0.29) is 18.4 Å². The normalized spacial score (nSPS) is 20.0. The van der Waals surface area contributed by atoms with Crippen molar-refractivity contribution in [2.45, 2.75) is 39.2 Å². The van der Waals surface area contributed by atoms with E-state index < -0.39 is 0 Å². The summed E-state index contributed by atoms with van der Waals surface area (Å²) in [6.45, 7) is 5.38. The van der Waals surface area contributed by atoms with Crippen LogP contribution in [0.1, 0.15) is 31.4 Å². The summed E-state index contributed by atoms with van der Waals surface area (Å²) in [5.41, 5.74) is 2.12. The van der Waals surface area contributed by atoms with Crippen LogP contribution < -0.4 is 0 Å². The number of pyridine rings is 1. The van der Waals surface area contributed by atoms with Gasteiger partial charge in [0.05, 0.1) is 6.54 Å². The SMILES string of the molecule is Cc1cnc(-c2cccnc2)n1CC1CCCN(C(=O)CN2CCCC2=O)C1. The third-order valence-electron chi connectivity index (χ3n) is 5.78. The van der Waals surface area contributed by atoms with Crippen LogP contribution in [-0.4, -0.2) is 62.3 Å². The topological polar surface area (TPSA) is 71.3 Å². The van der Waals surface area contributed by atoms with Gasteiger partial charge in [0.25, 0.3) is 0 Å². The van der Waals surface area contributed by atoms with Gasteiger partial charge in [0, 0.05) is 62.4 Å². The van der Waals surface area contributed by atoms with E-state index in [4.69, 9.17) is 0 Å². The number of hydrogen-bond donors (Lipinski definition) is 0. The number of rotatable bonds is 5. The van der Waals surface area contributed by atoms with Gasteiger partial charge in [-0.15, -0.1) is 0 Å². The molecule has 2 fully saturated rings. The highest BCUT2D eigenvalue weighted by Crippen LogP contribution is 2.24. The molecule has 0 aromatic carbocycles. The number of aromatic nitrogens is 3. The summed E-state index contributed by atoms with van der Waals surface area (Å²) in [7, 11) is 0. The molecule has 4 heterocycles. The average Bonchev–Trinajstić information content (AvgIpc) is 3.28. The van der Waals surface area contributed by atoms with Crippen molar-refractivity contribution in [3.63, 3.8) is 0 Å². The Balaban J connectivity index is 1.43. The highest BCUT2D eigenvalue weighted by atomic mass is 16.2. The second-order valence-electron chi connectivity index (χ2n) is 7.84. The van der Waals surface area contributed by atoms with Gasteiger partial charge in [-0.1, -0.05) is 0 Å². The molecule has 1 unspecified atom stereocenters. The first kappa shape index (κ1) is 18.7. The lowest BCUT2D eigenvalue weighted by molar-refractivity contribution is -0.139. The first-order valence-corrected chi connectivity index (χ1v) is 10.1. The van der Waals surface area contributed by atoms with E-state index in [1.807, 2.05) is 29.4 Å². The molecular weight excluding hydrogens is 354 g/mol. The molecule has 7 nitrogen and oxygen atoms in total. The van der Waals surface area contributed by atoms with E-state index in [1.54, 1.807) is 11.1 Å². The Kier molecular flexibility index (Phi) is 5.41. The monoisotopic (exact) mass is 381 g/mol. The van der Waals surface area contributed by atoms with Crippen LogP contribution in [0, 0.1) is 12.8 Å². The van der Waals surface area contributed by atoms with Crippen LogP contribution in [-0.2, 0) is 16.1 Å². The summed E-state index contributed by atoms with van der Waals surface area (Å²) in [5.74, 6) is 1.50. The molecule has 0 bridgehead atoms. The lowest BCUT2D eigenvalue weighted by Gasteiger charge is -2.34. The van der Waals surface area contributed by atoms with E-state index in [0.29, 0.717) is 18.9 Å². The molecule has 2 saturated heterocycles. The van der Waals surface area contributed by atoms with Crippen molar-refractivity contribution in [2.24, 2.45) is 5.92 Å². The summed E-state index contributed by atoms with van der Waals surface area (Å²) < 4.78 is 2.24. The number of nitrogens with zero attached hydrogens (tertiary/aromatic N) is 5. The second-order valence-corrected chi connectivity index (χ2v) is 7.84. The largest absolute Gasteiger partial charge is 0.341 e. The molecule has 0 radical (unpaired) electrons. The van der Waals surface area contributed by atoms with Crippen LogP contribution in [0.4, 0.5) is 0 Å². The van der Waals surface area contributed by atoms with Crippen molar-refractivity contribution in [3.05, 3.63) is 36.4 Å². The summed E-state index contributed by atoms with van der Waals surface area (Å²) in [4.78, 5) is 37.0. The number of aryl methyl sites for hydroxylation is 1. The van der Waals surface area contributed by atoms with Crippen LogP contribution in [0.15, 0.2) is 30.7 Å². The number of amides is 2. The third kappa shape index (κ3) is 3.93. The van der Waals surface area contributed by atoms with Crippen LogP contribution >= 0.6 is 0 Å². The Bertz CT molecular complexity index is 848. The predicted octanol–water partition coefficient (Wildman–Crippen LogP) is 2.11. The summed E-state index contributed by atoms with van der Waals surface area (Å²) in [6.07, 6.45) is 9.03. The number of likely N-dealkylation sites (tertiary alicyclic amines) is 2. The Morgan fingerprint density at radius 3 is 2.89 bits per heavy atom. The molecule has 7 heteroatoms. The number of carbonyl (C=O) groups is 2. The van der Waals surface area contributed by atoms with Gasteiger partial charge in [0.1, 0.15) is 5.82 Å². The van der Waals surface area contributed by atoms with Gasteiger partial charge in [0.2, 0.25) is 11.8 Å². The van der Waals surface area contributed by atoms with E-state index in [9.17, 15) is 9.59 Å². The maximum atomic E-state index is 12.7. The van der Waals surface area contributed by atoms with E-state index in [1.165, 1.54) is 0 Å². The average molecular weight is 381 g/mol. The fourth-order valence-corrected chi connectivity index (χ4v) is 4.25. The van der Waals surface area contributed by atoms with Crippen molar-refractivity contribution < 1.29 is 9.59 Å². The minimum absolute atomic E-state index is 0.0785. The van der Waals surface area contributed by atoms with Crippen LogP contribution in [0.3, 0.4) is 0 Å². The highest BCUT2D eigenvalue weighted by Gasteiger charge is 2.28. The van der Waals surface area contributed by atoms with Gasteiger partial charge in [-0.25, -0.2) is 4.98 Å². The molecule has 1 atom stereocenters. The Labute approximate surface area is 165 Å². The van der Waals surface area contributed by atoms with Gasteiger partial charge in [-0.2, -0.15) is 0 Å². The van der Waals surface area contributed by atoms with E-state index in [2.05, 4.69) is 21.5 Å². The zero-order valence-electron chi connectivity index (χ0n) is 16.4. The molecular formula is C21H27N5O2. The third-order valence-corrected chi connectivity index (χ3v) is 5.78. The first-order valence-electron chi connectivity index (χ1n) is 10.1. The molecule has 148 valence electrons. The number of piperidine rings is 1. The van der Waals surface area contributed by atoms with Gasteiger partial charge in [0.15, 0.2) is 0 Å². The van der Waals surface area contributed by atoms with Crippen LogP contribution in [0.25, 0.3) is 11.4 Å². The molecule has 2 aromatic rings. The van der Waals surface area contributed by atoms with Gasteiger partial charge < -0.3 is 14.4 Å². The molecule has 28 heavy (non-hydrogen) atoms. The van der Waals surface area contributed by atoms with E-state index in [0.717, 1.165) is 56.0 Å².